The van der Waals surface area contributed by atoms with Crippen molar-refractivity contribution in [2.75, 3.05) is 12.9 Å². The van der Waals surface area contributed by atoms with Crippen molar-refractivity contribution < 1.29 is 23.1 Å². The predicted octanol–water partition coefficient (Wildman–Crippen LogP) is 3.56. The van der Waals surface area contributed by atoms with Crippen LogP contribution in [-0.4, -0.2) is 43.2 Å². The predicted molar refractivity (Wildman–Crippen MR) is 124 cm³/mol. The van der Waals surface area contributed by atoms with E-state index in [1.165, 1.54) is 24.0 Å². The first-order chi connectivity index (χ1) is 15.1. The average Bonchev–Trinajstić information content (AvgIpc) is 3.19. The Morgan fingerprint density at radius 2 is 2.06 bits per heavy atom. The molecule has 2 heterocycles. The van der Waals surface area contributed by atoms with Crippen LogP contribution in [0.1, 0.15) is 16.0 Å². The van der Waals surface area contributed by atoms with E-state index in [0.717, 1.165) is 28.0 Å². The van der Waals surface area contributed by atoms with Gasteiger partial charge in [0.1, 0.15) is 12.4 Å². The van der Waals surface area contributed by atoms with E-state index < -0.39 is 22.4 Å². The summed E-state index contributed by atoms with van der Waals surface area (Å²) >= 11 is 2.43. The number of pyridine rings is 1. The van der Waals surface area contributed by atoms with Crippen LogP contribution in [0.4, 0.5) is 0 Å². The molecule has 11 heteroatoms. The number of thioether (sulfide) groups is 1. The van der Waals surface area contributed by atoms with Gasteiger partial charge in [0.2, 0.25) is 9.84 Å². The molecule has 0 aliphatic carbocycles. The molecule has 3 aromatic rings. The number of aromatic nitrogens is 1. The molecule has 0 atom stereocenters. The number of thiophene rings is 1. The van der Waals surface area contributed by atoms with E-state index in [1.807, 2.05) is 19.1 Å². The minimum atomic E-state index is -3.91. The molecular weight excluding hydrogens is 470 g/mol. The van der Waals surface area contributed by atoms with Gasteiger partial charge < -0.3 is 15.6 Å². The van der Waals surface area contributed by atoms with Crippen LogP contribution in [0, 0.1) is 12.3 Å². The Kier molecular flexibility index (Phi) is 7.34. The summed E-state index contributed by atoms with van der Waals surface area (Å²) in [6.07, 6.45) is 4.61. The molecule has 0 amide bonds. The lowest BCUT2D eigenvalue weighted by atomic mass is 9.96. The molecule has 0 spiro atoms. The van der Waals surface area contributed by atoms with Gasteiger partial charge in [-0.3, -0.25) is 10.4 Å². The highest BCUT2D eigenvalue weighted by Crippen LogP contribution is 2.38. The number of amidine groups is 1. The first-order valence-electron chi connectivity index (χ1n) is 9.26. The van der Waals surface area contributed by atoms with E-state index >= 15 is 0 Å². The largest absolute Gasteiger partial charge is 0.480 e. The maximum absolute atomic E-state index is 13.4. The zero-order valence-electron chi connectivity index (χ0n) is 17.3. The van der Waals surface area contributed by atoms with Crippen LogP contribution in [0.5, 0.6) is 0 Å². The summed E-state index contributed by atoms with van der Waals surface area (Å²) in [6.45, 7) is 1.50. The van der Waals surface area contributed by atoms with Gasteiger partial charge in [-0.15, -0.1) is 23.1 Å². The molecule has 0 aliphatic rings. The molecule has 0 aliphatic heterocycles. The molecule has 168 valence electrons. The number of hydrogen-bond acceptors (Lipinski definition) is 8. The van der Waals surface area contributed by atoms with E-state index in [2.05, 4.69) is 4.98 Å². The van der Waals surface area contributed by atoms with Crippen LogP contribution < -0.4 is 5.73 Å². The topological polar surface area (TPSA) is 143 Å². The van der Waals surface area contributed by atoms with Crippen LogP contribution in [0.3, 0.4) is 0 Å². The Morgan fingerprint density at radius 3 is 2.72 bits per heavy atom. The van der Waals surface area contributed by atoms with Crippen LogP contribution in [-0.2, 0) is 26.0 Å². The average molecular weight is 492 g/mol. The second-order valence-electron chi connectivity index (χ2n) is 6.79. The number of rotatable bonds is 9. The number of carboxylic acid groups (broad SMARTS) is 1. The Bertz CT molecular complexity index is 1290. The number of hydrogen-bond donors (Lipinski definition) is 3. The second-order valence-corrected chi connectivity index (χ2v) is 10.8. The van der Waals surface area contributed by atoms with Gasteiger partial charge in [-0.1, -0.05) is 18.2 Å². The van der Waals surface area contributed by atoms with Crippen molar-refractivity contribution in [3.05, 3.63) is 58.7 Å². The summed E-state index contributed by atoms with van der Waals surface area (Å²) in [5.41, 5.74) is 8.46. The summed E-state index contributed by atoms with van der Waals surface area (Å²) < 4.78 is 32.6. The second kappa shape index (κ2) is 9.82. The zero-order valence-corrected chi connectivity index (χ0v) is 19.7. The highest BCUT2D eigenvalue weighted by atomic mass is 32.2. The van der Waals surface area contributed by atoms with Gasteiger partial charge in [0, 0.05) is 18.0 Å². The lowest BCUT2D eigenvalue weighted by Gasteiger charge is -2.14. The number of ether oxygens (including phenoxy) is 1. The zero-order chi connectivity index (χ0) is 23.5. The number of nitrogen functional groups attached to an aromatic ring is 1. The van der Waals surface area contributed by atoms with Crippen molar-refractivity contribution >= 4 is 44.7 Å². The molecular formula is C21H21N3O5S3. The molecule has 8 nitrogen and oxygen atoms in total. The van der Waals surface area contributed by atoms with Crippen LogP contribution in [0.25, 0.3) is 11.1 Å². The quantitative estimate of drug-likeness (QED) is 0.234. The van der Waals surface area contributed by atoms with Crippen LogP contribution in [0.2, 0.25) is 0 Å². The maximum atomic E-state index is 13.4. The van der Waals surface area contributed by atoms with Gasteiger partial charge >= 0.3 is 5.97 Å². The van der Waals surface area contributed by atoms with Crippen molar-refractivity contribution in [1.29, 1.82) is 5.41 Å². The van der Waals surface area contributed by atoms with Gasteiger partial charge in [0.25, 0.3) is 0 Å². The SMILES string of the molecule is CSc1sc(C(=N)N)cc1S(=O)(=O)c1cncc(-c2c(C)cccc2COCC(=O)O)c1. The number of sulfone groups is 1. The molecule has 0 saturated heterocycles. The number of aliphatic carboxylic acids is 1. The van der Waals surface area contributed by atoms with E-state index in [4.69, 9.17) is 21.0 Å². The van der Waals surface area contributed by atoms with Crippen molar-refractivity contribution in [1.82, 2.24) is 4.98 Å². The Balaban J connectivity index is 2.07. The standard InChI is InChI=1S/C21H21N3O5S3/c1-12-4-3-5-13(10-29-11-18(25)26)19(12)14-6-15(9-24-8-14)32(27,28)17-7-16(20(22)23)31-21(17)30-2/h3-9H,10-11H2,1-2H3,(H3,22,23)(H,25,26). The van der Waals surface area contributed by atoms with E-state index in [0.29, 0.717) is 14.6 Å². The van der Waals surface area contributed by atoms with E-state index in [1.54, 1.807) is 24.6 Å². The Labute approximate surface area is 193 Å². The summed E-state index contributed by atoms with van der Waals surface area (Å²) in [5.74, 6) is -1.26. The molecule has 2 aromatic heterocycles. The van der Waals surface area contributed by atoms with Crippen molar-refractivity contribution in [2.45, 2.75) is 27.5 Å². The van der Waals surface area contributed by atoms with Gasteiger partial charge in [-0.25, -0.2) is 13.2 Å². The number of aryl methyl sites for hydroxylation is 1. The Morgan fingerprint density at radius 1 is 1.31 bits per heavy atom. The number of nitrogens with two attached hydrogens (primary N) is 1. The molecule has 0 fully saturated rings. The Hall–Kier alpha value is -2.73. The minimum Gasteiger partial charge on any atom is -0.480 e. The summed E-state index contributed by atoms with van der Waals surface area (Å²) in [4.78, 5) is 15.4. The third kappa shape index (κ3) is 5.01. The molecule has 0 saturated carbocycles. The fourth-order valence-electron chi connectivity index (χ4n) is 3.16. The minimum absolute atomic E-state index is 0.0128. The molecule has 0 unspecified atom stereocenters. The van der Waals surface area contributed by atoms with Crippen molar-refractivity contribution in [3.8, 4) is 11.1 Å². The number of nitrogens with one attached hydrogen (secondary N) is 1. The van der Waals surface area contributed by atoms with Gasteiger partial charge in [-0.05, 0) is 42.0 Å². The fraction of sp³-hybridized carbons (Fsp3) is 0.190. The highest BCUT2D eigenvalue weighted by Gasteiger charge is 2.26. The lowest BCUT2D eigenvalue weighted by Crippen LogP contribution is -2.09. The van der Waals surface area contributed by atoms with Gasteiger partial charge in [0.15, 0.2) is 0 Å². The van der Waals surface area contributed by atoms with Gasteiger partial charge in [0.05, 0.1) is 25.5 Å². The number of nitrogens with zero attached hydrogens (tertiary/aromatic N) is 1. The van der Waals surface area contributed by atoms with Crippen LogP contribution >= 0.6 is 23.1 Å². The van der Waals surface area contributed by atoms with Crippen LogP contribution in [0.15, 0.2) is 56.7 Å². The number of benzene rings is 1. The number of carboxylic acids is 1. The molecule has 4 N–H and O–H groups in total. The monoisotopic (exact) mass is 491 g/mol. The molecule has 32 heavy (non-hydrogen) atoms. The summed E-state index contributed by atoms with van der Waals surface area (Å²) in [7, 11) is -3.91. The van der Waals surface area contributed by atoms with Crippen molar-refractivity contribution in [3.63, 3.8) is 0 Å². The normalized spacial score (nSPS) is 11.4. The smallest absolute Gasteiger partial charge is 0.329 e. The highest BCUT2D eigenvalue weighted by molar-refractivity contribution is 8.01. The van der Waals surface area contributed by atoms with Crippen molar-refractivity contribution in [2.24, 2.45) is 5.73 Å². The van der Waals surface area contributed by atoms with Gasteiger partial charge in [-0.2, -0.15) is 0 Å². The fourth-order valence-corrected chi connectivity index (χ4v) is 7.00. The first-order valence-corrected chi connectivity index (χ1v) is 12.8. The maximum Gasteiger partial charge on any atom is 0.329 e. The third-order valence-corrected chi connectivity index (χ3v) is 8.87. The first kappa shape index (κ1) is 23.9. The molecule has 0 radical (unpaired) electrons. The number of carbonyl (C=O) groups is 1. The lowest BCUT2D eigenvalue weighted by molar-refractivity contribution is -0.142. The third-order valence-electron chi connectivity index (χ3n) is 4.56. The van der Waals surface area contributed by atoms with E-state index in [-0.39, 0.29) is 22.2 Å². The molecule has 0 bridgehead atoms. The van der Waals surface area contributed by atoms with E-state index in [9.17, 15) is 13.2 Å². The summed E-state index contributed by atoms with van der Waals surface area (Å²) in [6, 6.07) is 8.46. The summed E-state index contributed by atoms with van der Waals surface area (Å²) in [5, 5.41) is 16.4. The molecule has 3 rings (SSSR count). The molecule has 1 aromatic carbocycles.